The van der Waals surface area contributed by atoms with E-state index in [1.165, 1.54) is 28.5 Å². The van der Waals surface area contributed by atoms with E-state index in [-0.39, 0.29) is 0 Å². The van der Waals surface area contributed by atoms with E-state index in [1.54, 1.807) is 11.3 Å². The topological polar surface area (TPSA) is 25.8 Å². The van der Waals surface area contributed by atoms with Crippen LogP contribution in [0.25, 0.3) is 21.3 Å². The van der Waals surface area contributed by atoms with Crippen molar-refractivity contribution in [2.45, 2.75) is 18.8 Å². The Bertz CT molecular complexity index is 762. The molecule has 0 atom stereocenters. The molecule has 0 saturated heterocycles. The summed E-state index contributed by atoms with van der Waals surface area (Å²) in [7, 11) is 0. The summed E-state index contributed by atoms with van der Waals surface area (Å²) in [4.78, 5) is 9.26. The highest BCUT2D eigenvalue weighted by Gasteiger charge is 2.27. The van der Waals surface area contributed by atoms with E-state index in [2.05, 4.69) is 50.6 Å². The Morgan fingerprint density at radius 1 is 1.16 bits per heavy atom. The molecule has 0 unspecified atom stereocenters. The second-order valence-electron chi connectivity index (χ2n) is 4.85. The van der Waals surface area contributed by atoms with E-state index < -0.39 is 0 Å². The second kappa shape index (κ2) is 4.39. The lowest BCUT2D eigenvalue weighted by atomic mass is 10.1. The molecule has 0 aliphatic heterocycles. The maximum Gasteiger partial charge on any atom is 0.133 e. The Kier molecular flexibility index (Phi) is 2.67. The van der Waals surface area contributed by atoms with Crippen LogP contribution in [-0.2, 0) is 0 Å². The Morgan fingerprint density at radius 3 is 2.89 bits per heavy atom. The molecule has 2 aromatic heterocycles. The van der Waals surface area contributed by atoms with Gasteiger partial charge < -0.3 is 0 Å². The monoisotopic (exact) mass is 330 g/mol. The summed E-state index contributed by atoms with van der Waals surface area (Å²) in [6, 6.07) is 10.6. The third-order valence-corrected chi connectivity index (χ3v) is 4.78. The lowest BCUT2D eigenvalue weighted by Gasteiger charge is -2.06. The van der Waals surface area contributed by atoms with Gasteiger partial charge in [-0.25, -0.2) is 9.97 Å². The van der Waals surface area contributed by atoms with Gasteiger partial charge >= 0.3 is 0 Å². The first-order chi connectivity index (χ1) is 9.31. The van der Waals surface area contributed by atoms with Crippen LogP contribution >= 0.6 is 27.3 Å². The number of nitrogens with zero attached hydrogens (tertiary/aromatic N) is 2. The maximum absolute atomic E-state index is 4.76. The van der Waals surface area contributed by atoms with E-state index in [9.17, 15) is 0 Å². The quantitative estimate of drug-likeness (QED) is 0.618. The van der Waals surface area contributed by atoms with Gasteiger partial charge in [-0.05, 0) is 51.7 Å². The standard InChI is InChI=1S/C15H11BrN2S/c16-13-8-12(17-15(18-13)10-4-5-10)11-3-1-2-9-6-7-19-14(9)11/h1-3,6-8,10H,4-5H2. The van der Waals surface area contributed by atoms with Crippen LogP contribution in [0, 0.1) is 0 Å². The SMILES string of the molecule is Brc1cc(-c2cccc3ccsc23)nc(C2CC2)n1. The molecular weight excluding hydrogens is 320 g/mol. The van der Waals surface area contributed by atoms with Crippen LogP contribution in [0.4, 0.5) is 0 Å². The van der Waals surface area contributed by atoms with E-state index in [0.717, 1.165) is 16.1 Å². The van der Waals surface area contributed by atoms with Gasteiger partial charge in [0.1, 0.15) is 10.4 Å². The van der Waals surface area contributed by atoms with Gasteiger partial charge in [0.2, 0.25) is 0 Å². The number of aromatic nitrogens is 2. The smallest absolute Gasteiger partial charge is 0.133 e. The minimum Gasteiger partial charge on any atom is -0.232 e. The molecule has 1 aliphatic carbocycles. The summed E-state index contributed by atoms with van der Waals surface area (Å²) in [5, 5.41) is 3.41. The molecular formula is C15H11BrN2S. The molecule has 1 saturated carbocycles. The fraction of sp³-hybridized carbons (Fsp3) is 0.200. The van der Waals surface area contributed by atoms with Gasteiger partial charge in [0, 0.05) is 16.2 Å². The summed E-state index contributed by atoms with van der Waals surface area (Å²) < 4.78 is 2.18. The average molecular weight is 331 g/mol. The van der Waals surface area contributed by atoms with Crippen molar-refractivity contribution in [3.8, 4) is 11.3 Å². The molecule has 1 aromatic carbocycles. The highest BCUT2D eigenvalue weighted by Crippen LogP contribution is 2.40. The van der Waals surface area contributed by atoms with Crippen LogP contribution in [0.2, 0.25) is 0 Å². The molecule has 1 aliphatic rings. The fourth-order valence-corrected chi connectivity index (χ4v) is 3.61. The highest BCUT2D eigenvalue weighted by molar-refractivity contribution is 9.10. The van der Waals surface area contributed by atoms with Gasteiger partial charge in [0.15, 0.2) is 0 Å². The third-order valence-electron chi connectivity index (χ3n) is 3.41. The van der Waals surface area contributed by atoms with Crippen LogP contribution in [0.15, 0.2) is 40.3 Å². The van der Waals surface area contributed by atoms with Crippen LogP contribution in [-0.4, -0.2) is 9.97 Å². The molecule has 4 heteroatoms. The minimum atomic E-state index is 0.568. The lowest BCUT2D eigenvalue weighted by molar-refractivity contribution is 0.920. The third kappa shape index (κ3) is 2.09. The molecule has 3 aromatic rings. The number of fused-ring (bicyclic) bond motifs is 1. The van der Waals surface area contributed by atoms with Crippen molar-refractivity contribution in [2.24, 2.45) is 0 Å². The first kappa shape index (κ1) is 11.6. The van der Waals surface area contributed by atoms with Gasteiger partial charge in [0.25, 0.3) is 0 Å². The Hall–Kier alpha value is -1.26. The molecule has 0 spiro atoms. The molecule has 94 valence electrons. The van der Waals surface area contributed by atoms with Crippen molar-refractivity contribution in [1.82, 2.24) is 9.97 Å². The van der Waals surface area contributed by atoms with E-state index in [0.29, 0.717) is 5.92 Å². The minimum absolute atomic E-state index is 0.568. The van der Waals surface area contributed by atoms with Crippen molar-refractivity contribution in [3.05, 3.63) is 46.1 Å². The molecule has 1 fully saturated rings. The Labute approximate surface area is 123 Å². The molecule has 0 amide bonds. The molecule has 4 rings (SSSR count). The molecule has 0 radical (unpaired) electrons. The molecule has 2 heterocycles. The second-order valence-corrected chi connectivity index (χ2v) is 6.58. The van der Waals surface area contributed by atoms with Crippen molar-refractivity contribution in [2.75, 3.05) is 0 Å². The Morgan fingerprint density at radius 2 is 2.05 bits per heavy atom. The van der Waals surface area contributed by atoms with Gasteiger partial charge in [-0.3, -0.25) is 0 Å². The van der Waals surface area contributed by atoms with Gasteiger partial charge in [-0.1, -0.05) is 18.2 Å². The Balaban J connectivity index is 1.93. The first-order valence-corrected chi connectivity index (χ1v) is 7.99. The average Bonchev–Trinajstić information content (AvgIpc) is 3.15. The molecule has 0 N–H and O–H groups in total. The number of rotatable bonds is 2. The van der Waals surface area contributed by atoms with E-state index in [1.807, 2.05) is 6.07 Å². The van der Waals surface area contributed by atoms with E-state index in [4.69, 9.17) is 4.98 Å². The first-order valence-electron chi connectivity index (χ1n) is 6.32. The zero-order valence-corrected chi connectivity index (χ0v) is 12.5. The van der Waals surface area contributed by atoms with E-state index >= 15 is 0 Å². The van der Waals surface area contributed by atoms with Crippen LogP contribution < -0.4 is 0 Å². The van der Waals surface area contributed by atoms with Crippen molar-refractivity contribution < 1.29 is 0 Å². The molecule has 2 nitrogen and oxygen atoms in total. The molecule has 0 bridgehead atoms. The normalized spacial score (nSPS) is 15.0. The van der Waals surface area contributed by atoms with Crippen LogP contribution in [0.1, 0.15) is 24.6 Å². The predicted octanol–water partition coefficient (Wildman–Crippen LogP) is 5.00. The molecule has 19 heavy (non-hydrogen) atoms. The summed E-state index contributed by atoms with van der Waals surface area (Å²) in [5.41, 5.74) is 2.23. The van der Waals surface area contributed by atoms with Gasteiger partial charge in [-0.2, -0.15) is 0 Å². The van der Waals surface area contributed by atoms with Crippen molar-refractivity contribution >= 4 is 37.4 Å². The summed E-state index contributed by atoms with van der Waals surface area (Å²) in [6.45, 7) is 0. The summed E-state index contributed by atoms with van der Waals surface area (Å²) in [5.74, 6) is 1.55. The predicted molar refractivity (Wildman–Crippen MR) is 82.5 cm³/mol. The zero-order chi connectivity index (χ0) is 12.8. The lowest BCUT2D eigenvalue weighted by Crippen LogP contribution is -1.95. The number of benzene rings is 1. The van der Waals surface area contributed by atoms with Crippen molar-refractivity contribution in [1.29, 1.82) is 0 Å². The fourth-order valence-electron chi connectivity index (χ4n) is 2.29. The zero-order valence-electron chi connectivity index (χ0n) is 10.1. The van der Waals surface area contributed by atoms with Gasteiger partial charge in [-0.15, -0.1) is 11.3 Å². The van der Waals surface area contributed by atoms with Crippen LogP contribution in [0.5, 0.6) is 0 Å². The number of hydrogen-bond acceptors (Lipinski definition) is 3. The van der Waals surface area contributed by atoms with Gasteiger partial charge in [0.05, 0.1) is 5.69 Å². The number of hydrogen-bond donors (Lipinski definition) is 0. The number of thiophene rings is 1. The summed E-state index contributed by atoms with van der Waals surface area (Å²) >= 11 is 5.28. The highest BCUT2D eigenvalue weighted by atomic mass is 79.9. The van der Waals surface area contributed by atoms with Crippen molar-refractivity contribution in [3.63, 3.8) is 0 Å². The maximum atomic E-state index is 4.76. The largest absolute Gasteiger partial charge is 0.232 e. The summed E-state index contributed by atoms with van der Waals surface area (Å²) in [6.07, 6.45) is 2.44. The number of halogens is 1. The van der Waals surface area contributed by atoms with Crippen LogP contribution in [0.3, 0.4) is 0 Å².